The Kier molecular flexibility index (Phi) is 4.66. The van der Waals surface area contributed by atoms with Crippen LogP contribution in [0.25, 0.3) is 5.57 Å². The number of hydrogen-bond acceptors (Lipinski definition) is 3. The molecule has 1 aromatic rings. The number of aliphatic hydroxyl groups is 1. The lowest BCUT2D eigenvalue weighted by Crippen LogP contribution is -2.27. The van der Waals surface area contributed by atoms with Gasteiger partial charge >= 0.3 is 8.25 Å². The van der Waals surface area contributed by atoms with Crippen molar-refractivity contribution in [3.8, 4) is 0 Å². The Morgan fingerprint density at radius 3 is 2.29 bits per heavy atom. The molecule has 1 rings (SSSR count). The Bertz CT molecular complexity index is 437. The fraction of sp³-hybridized carbons (Fsp3) is 0.333. The third-order valence-corrected chi connectivity index (χ3v) is 3.32. The zero-order chi connectivity index (χ0) is 13.1. The van der Waals surface area contributed by atoms with Crippen molar-refractivity contribution < 1.29 is 19.1 Å². The maximum Gasteiger partial charge on any atom is 0.319 e. The minimum absolute atomic E-state index is 0.510. The lowest BCUT2D eigenvalue weighted by atomic mass is 9.98. The van der Waals surface area contributed by atoms with Crippen LogP contribution in [-0.4, -0.2) is 15.8 Å². The molecule has 0 heterocycles. The van der Waals surface area contributed by atoms with Crippen LogP contribution in [0.3, 0.4) is 0 Å². The molecule has 94 valence electrons. The quantitative estimate of drug-likeness (QED) is 0.642. The van der Waals surface area contributed by atoms with Crippen LogP contribution in [0.1, 0.15) is 26.3 Å². The predicted octanol–water partition coefficient (Wildman–Crippen LogP) is 2.59. The van der Waals surface area contributed by atoms with E-state index >= 15 is 0 Å². The van der Waals surface area contributed by atoms with Gasteiger partial charge in [-0.1, -0.05) is 30.3 Å². The first-order valence-electron chi connectivity index (χ1n) is 5.22. The molecule has 5 heteroatoms. The highest BCUT2D eigenvalue weighted by Gasteiger charge is 2.27. The van der Waals surface area contributed by atoms with Crippen molar-refractivity contribution in [1.29, 1.82) is 0 Å². The number of hydrogen-bond donors (Lipinski definition) is 2. The second-order valence-corrected chi connectivity index (χ2v) is 4.70. The SMILES string of the molecule is CC(=C(C)[C@@](C)(O)O[PH](=O)O)c1ccccc1. The van der Waals surface area contributed by atoms with Gasteiger partial charge in [-0.2, -0.15) is 0 Å². The van der Waals surface area contributed by atoms with E-state index in [0.717, 1.165) is 11.1 Å². The molecule has 0 bridgehead atoms. The monoisotopic (exact) mass is 256 g/mol. The fourth-order valence-electron chi connectivity index (χ4n) is 1.50. The van der Waals surface area contributed by atoms with E-state index < -0.39 is 14.0 Å². The summed E-state index contributed by atoms with van der Waals surface area (Å²) in [5.41, 5.74) is 2.27. The molecule has 0 fully saturated rings. The van der Waals surface area contributed by atoms with Gasteiger partial charge in [0.25, 0.3) is 0 Å². The van der Waals surface area contributed by atoms with Crippen molar-refractivity contribution in [3.05, 3.63) is 41.5 Å². The van der Waals surface area contributed by atoms with Crippen LogP contribution in [0, 0.1) is 0 Å². The third kappa shape index (κ3) is 3.79. The topological polar surface area (TPSA) is 66.8 Å². The second kappa shape index (κ2) is 5.61. The van der Waals surface area contributed by atoms with Crippen LogP contribution in [-0.2, 0) is 9.09 Å². The van der Waals surface area contributed by atoms with Gasteiger partial charge < -0.3 is 10.00 Å². The van der Waals surface area contributed by atoms with Crippen molar-refractivity contribution in [1.82, 2.24) is 0 Å². The van der Waals surface area contributed by atoms with Crippen LogP contribution in [0.5, 0.6) is 0 Å². The van der Waals surface area contributed by atoms with Gasteiger partial charge in [-0.15, -0.1) is 0 Å². The summed E-state index contributed by atoms with van der Waals surface area (Å²) in [5.74, 6) is -1.73. The van der Waals surface area contributed by atoms with E-state index in [1.54, 1.807) is 6.92 Å². The first-order valence-corrected chi connectivity index (χ1v) is 6.48. The van der Waals surface area contributed by atoms with Crippen molar-refractivity contribution >= 4 is 13.8 Å². The van der Waals surface area contributed by atoms with E-state index in [1.807, 2.05) is 37.3 Å². The van der Waals surface area contributed by atoms with E-state index in [2.05, 4.69) is 4.52 Å². The summed E-state index contributed by atoms with van der Waals surface area (Å²) in [6, 6.07) is 9.47. The van der Waals surface area contributed by atoms with Crippen LogP contribution in [0.4, 0.5) is 0 Å². The molecule has 0 amide bonds. The Morgan fingerprint density at radius 2 is 1.82 bits per heavy atom. The molecule has 0 aliphatic carbocycles. The zero-order valence-corrected chi connectivity index (χ0v) is 11.1. The van der Waals surface area contributed by atoms with Crippen LogP contribution >= 0.6 is 8.25 Å². The largest absolute Gasteiger partial charge is 0.362 e. The highest BCUT2D eigenvalue weighted by Crippen LogP contribution is 2.33. The van der Waals surface area contributed by atoms with E-state index in [1.165, 1.54) is 6.92 Å². The fourth-order valence-corrected chi connectivity index (χ4v) is 1.99. The van der Waals surface area contributed by atoms with Crippen LogP contribution < -0.4 is 0 Å². The molecule has 0 spiro atoms. The number of benzene rings is 1. The minimum atomic E-state index is -3.18. The van der Waals surface area contributed by atoms with Crippen LogP contribution in [0.15, 0.2) is 35.9 Å². The molecule has 0 aliphatic rings. The summed E-state index contributed by atoms with van der Waals surface area (Å²) < 4.78 is 15.3. The molecule has 1 aromatic carbocycles. The van der Waals surface area contributed by atoms with Gasteiger partial charge in [0.2, 0.25) is 0 Å². The van der Waals surface area contributed by atoms with Gasteiger partial charge in [-0.05, 0) is 37.5 Å². The summed E-state index contributed by atoms with van der Waals surface area (Å²) in [6.07, 6.45) is 0. The molecule has 0 radical (unpaired) electrons. The molecular formula is C12H17O4P. The highest BCUT2D eigenvalue weighted by molar-refractivity contribution is 7.32. The van der Waals surface area contributed by atoms with Gasteiger partial charge in [0.05, 0.1) is 0 Å². The second-order valence-electron chi connectivity index (χ2n) is 3.97. The Labute approximate surface area is 102 Å². The summed E-state index contributed by atoms with van der Waals surface area (Å²) in [7, 11) is -3.18. The van der Waals surface area contributed by atoms with Gasteiger partial charge in [-0.3, -0.25) is 9.09 Å². The van der Waals surface area contributed by atoms with Crippen molar-refractivity contribution in [3.63, 3.8) is 0 Å². The van der Waals surface area contributed by atoms with Gasteiger partial charge in [0, 0.05) is 0 Å². The molecular weight excluding hydrogens is 239 g/mol. The Balaban J connectivity index is 3.09. The molecule has 4 nitrogen and oxygen atoms in total. The van der Waals surface area contributed by atoms with Gasteiger partial charge in [0.15, 0.2) is 5.79 Å². The minimum Gasteiger partial charge on any atom is -0.362 e. The lowest BCUT2D eigenvalue weighted by molar-refractivity contribution is -0.0878. The lowest BCUT2D eigenvalue weighted by Gasteiger charge is -2.25. The molecule has 0 aromatic heterocycles. The summed E-state index contributed by atoms with van der Waals surface area (Å²) in [4.78, 5) is 8.73. The van der Waals surface area contributed by atoms with Crippen molar-refractivity contribution in [2.24, 2.45) is 0 Å². The molecule has 0 aliphatic heterocycles. The standard InChI is InChI=1S/C12H17O4P/c1-9(11-7-5-4-6-8-11)10(2)12(3,13)16-17(14)15/h4-8,13,17H,1-3H3,(H,14,15)/t12-/m0/s1. The zero-order valence-electron chi connectivity index (χ0n) is 10.1. The molecule has 1 unspecified atom stereocenters. The summed E-state index contributed by atoms with van der Waals surface area (Å²) >= 11 is 0. The average Bonchev–Trinajstić information content (AvgIpc) is 2.26. The maximum absolute atomic E-state index is 10.7. The maximum atomic E-state index is 10.7. The average molecular weight is 256 g/mol. The molecule has 2 N–H and O–H groups in total. The summed E-state index contributed by atoms with van der Waals surface area (Å²) in [6.45, 7) is 4.86. The summed E-state index contributed by atoms with van der Waals surface area (Å²) in [5, 5.41) is 9.97. The van der Waals surface area contributed by atoms with E-state index in [-0.39, 0.29) is 0 Å². The first kappa shape index (κ1) is 14.1. The van der Waals surface area contributed by atoms with Crippen molar-refractivity contribution in [2.75, 3.05) is 0 Å². The highest BCUT2D eigenvalue weighted by atomic mass is 31.1. The van der Waals surface area contributed by atoms with Gasteiger partial charge in [-0.25, -0.2) is 0 Å². The molecule has 0 saturated carbocycles. The normalized spacial score (nSPS) is 18.2. The smallest absolute Gasteiger partial charge is 0.319 e. The predicted molar refractivity (Wildman–Crippen MR) is 67.6 cm³/mol. The third-order valence-electron chi connectivity index (χ3n) is 2.75. The molecule has 0 saturated heterocycles. The number of rotatable bonds is 4. The Morgan fingerprint density at radius 1 is 1.29 bits per heavy atom. The first-order chi connectivity index (χ1) is 7.84. The Hall–Kier alpha value is -0.930. The van der Waals surface area contributed by atoms with Crippen LogP contribution in [0.2, 0.25) is 0 Å². The molecule has 2 atom stereocenters. The van der Waals surface area contributed by atoms with E-state index in [0.29, 0.717) is 5.57 Å². The van der Waals surface area contributed by atoms with E-state index in [9.17, 15) is 9.67 Å². The van der Waals surface area contributed by atoms with Crippen molar-refractivity contribution in [2.45, 2.75) is 26.6 Å². The number of allylic oxidation sites excluding steroid dienone is 1. The molecule has 17 heavy (non-hydrogen) atoms. The van der Waals surface area contributed by atoms with E-state index in [4.69, 9.17) is 4.89 Å². The van der Waals surface area contributed by atoms with Gasteiger partial charge in [0.1, 0.15) is 0 Å².